The van der Waals surface area contributed by atoms with E-state index in [2.05, 4.69) is 66.8 Å². The van der Waals surface area contributed by atoms with E-state index >= 15 is 0 Å². The molecule has 120 valence electrons. The molecule has 2 rings (SSSR count). The molecule has 0 radical (unpaired) electrons. The molecule has 0 aliphatic rings. The molecule has 0 bridgehead atoms. The van der Waals surface area contributed by atoms with Crippen molar-refractivity contribution in [3.63, 3.8) is 0 Å². The van der Waals surface area contributed by atoms with E-state index in [0.717, 1.165) is 25.3 Å². The highest BCUT2D eigenvalue weighted by Crippen LogP contribution is 2.13. The van der Waals surface area contributed by atoms with Crippen LogP contribution in [0.4, 0.5) is 5.69 Å². The topological polar surface area (TPSA) is 25.8 Å². The first-order chi connectivity index (χ1) is 10.4. The van der Waals surface area contributed by atoms with Crippen molar-refractivity contribution < 1.29 is 22.5 Å². The lowest BCUT2D eigenvalue weighted by molar-refractivity contribution is -0.567. The van der Waals surface area contributed by atoms with E-state index in [1.54, 1.807) is 0 Å². The van der Waals surface area contributed by atoms with Crippen LogP contribution in [0.15, 0.2) is 54.6 Å². The summed E-state index contributed by atoms with van der Waals surface area (Å²) in [5.74, 6) is 0.978. The molecular weight excluding hydrogens is 294 g/mol. The van der Waals surface area contributed by atoms with E-state index in [1.807, 2.05) is 0 Å². The SMILES string of the molecule is CC[NH2+]c1ccc(OCCCCCc2ccccc2)cc1.[Cl-]. The fraction of sp³-hybridized carbons (Fsp3) is 0.368. The number of hydrogen-bond acceptors (Lipinski definition) is 1. The molecule has 0 heterocycles. The predicted molar refractivity (Wildman–Crippen MR) is 88.1 cm³/mol. The minimum Gasteiger partial charge on any atom is -1.00 e. The van der Waals surface area contributed by atoms with Gasteiger partial charge in [-0.25, -0.2) is 0 Å². The molecule has 2 aromatic carbocycles. The number of aryl methyl sites for hydroxylation is 1. The van der Waals surface area contributed by atoms with Crippen LogP contribution < -0.4 is 22.5 Å². The molecule has 22 heavy (non-hydrogen) atoms. The van der Waals surface area contributed by atoms with Crippen LogP contribution >= 0.6 is 0 Å². The molecule has 0 saturated heterocycles. The van der Waals surface area contributed by atoms with Crippen molar-refractivity contribution in [2.75, 3.05) is 13.2 Å². The monoisotopic (exact) mass is 319 g/mol. The Labute approximate surface area is 140 Å². The second-order valence-electron chi connectivity index (χ2n) is 5.33. The number of rotatable bonds is 9. The lowest BCUT2D eigenvalue weighted by atomic mass is 10.1. The van der Waals surface area contributed by atoms with Gasteiger partial charge in [-0.3, -0.25) is 0 Å². The van der Waals surface area contributed by atoms with Gasteiger partial charge in [-0.2, -0.15) is 0 Å². The maximum atomic E-state index is 5.78. The van der Waals surface area contributed by atoms with Crippen molar-refractivity contribution >= 4 is 5.69 Å². The zero-order valence-corrected chi connectivity index (χ0v) is 14.1. The van der Waals surface area contributed by atoms with Gasteiger partial charge < -0.3 is 22.5 Å². The van der Waals surface area contributed by atoms with Gasteiger partial charge in [0, 0.05) is 12.1 Å². The third kappa shape index (κ3) is 6.97. The Bertz CT molecular complexity index is 499. The van der Waals surface area contributed by atoms with Gasteiger partial charge in [0.2, 0.25) is 0 Å². The van der Waals surface area contributed by atoms with Gasteiger partial charge in [-0.1, -0.05) is 30.3 Å². The average Bonchev–Trinajstić information content (AvgIpc) is 2.53. The highest BCUT2D eigenvalue weighted by atomic mass is 35.5. The smallest absolute Gasteiger partial charge is 0.129 e. The number of quaternary nitrogens is 1. The first-order valence-electron chi connectivity index (χ1n) is 7.98. The molecule has 2 nitrogen and oxygen atoms in total. The fourth-order valence-electron chi connectivity index (χ4n) is 2.38. The summed E-state index contributed by atoms with van der Waals surface area (Å²) >= 11 is 0. The normalized spacial score (nSPS) is 10.0. The molecule has 2 aromatic rings. The largest absolute Gasteiger partial charge is 1.00 e. The molecular formula is C19H26ClNO. The van der Waals surface area contributed by atoms with Crippen molar-refractivity contribution in [3.8, 4) is 5.75 Å². The van der Waals surface area contributed by atoms with Crippen LogP contribution in [-0.4, -0.2) is 13.2 Å². The molecule has 0 spiro atoms. The number of ether oxygens (including phenoxy) is 1. The Morgan fingerprint density at radius 3 is 2.27 bits per heavy atom. The van der Waals surface area contributed by atoms with Gasteiger partial charge in [-0.05, 0) is 50.3 Å². The molecule has 3 heteroatoms. The van der Waals surface area contributed by atoms with Gasteiger partial charge in [0.25, 0.3) is 0 Å². The summed E-state index contributed by atoms with van der Waals surface area (Å²) < 4.78 is 5.78. The van der Waals surface area contributed by atoms with Gasteiger partial charge in [0.1, 0.15) is 11.4 Å². The van der Waals surface area contributed by atoms with E-state index in [4.69, 9.17) is 4.74 Å². The Morgan fingerprint density at radius 2 is 1.59 bits per heavy atom. The third-order valence-corrected chi connectivity index (χ3v) is 3.54. The van der Waals surface area contributed by atoms with Gasteiger partial charge in [-0.15, -0.1) is 0 Å². The Balaban J connectivity index is 0.00000242. The molecule has 0 saturated carbocycles. The van der Waals surface area contributed by atoms with Crippen LogP contribution in [0.2, 0.25) is 0 Å². The highest BCUT2D eigenvalue weighted by Gasteiger charge is 1.98. The number of benzene rings is 2. The maximum absolute atomic E-state index is 5.78. The van der Waals surface area contributed by atoms with E-state index in [1.165, 1.54) is 30.5 Å². The second-order valence-corrected chi connectivity index (χ2v) is 5.33. The summed E-state index contributed by atoms with van der Waals surface area (Å²) in [6, 6.07) is 19.0. The summed E-state index contributed by atoms with van der Waals surface area (Å²) in [4.78, 5) is 0. The first-order valence-corrected chi connectivity index (χ1v) is 7.98. The van der Waals surface area contributed by atoms with E-state index in [-0.39, 0.29) is 12.4 Å². The Hall–Kier alpha value is -1.51. The van der Waals surface area contributed by atoms with Gasteiger partial charge in [0.05, 0.1) is 13.2 Å². The second kappa shape index (κ2) is 11.1. The summed E-state index contributed by atoms with van der Waals surface area (Å²) in [6.07, 6.45) is 4.74. The molecule has 0 fully saturated rings. The minimum atomic E-state index is 0. The van der Waals surface area contributed by atoms with Crippen LogP contribution in [0.5, 0.6) is 5.75 Å². The molecule has 0 unspecified atom stereocenters. The quantitative estimate of drug-likeness (QED) is 0.534. The fourth-order valence-corrected chi connectivity index (χ4v) is 2.38. The molecule has 0 atom stereocenters. The molecule has 0 amide bonds. The average molecular weight is 320 g/mol. The zero-order valence-electron chi connectivity index (χ0n) is 13.3. The van der Waals surface area contributed by atoms with Crippen molar-refractivity contribution in [1.29, 1.82) is 0 Å². The molecule has 0 aliphatic carbocycles. The third-order valence-electron chi connectivity index (χ3n) is 3.54. The van der Waals surface area contributed by atoms with Crippen molar-refractivity contribution in [3.05, 3.63) is 60.2 Å². The predicted octanol–water partition coefficient (Wildman–Crippen LogP) is 0.697. The lowest BCUT2D eigenvalue weighted by Crippen LogP contribution is -3.00. The number of nitrogens with two attached hydrogens (primary N) is 1. The zero-order chi connectivity index (χ0) is 14.8. The van der Waals surface area contributed by atoms with Crippen LogP contribution in [0.25, 0.3) is 0 Å². The molecule has 2 N–H and O–H groups in total. The Morgan fingerprint density at radius 1 is 0.864 bits per heavy atom. The van der Waals surface area contributed by atoms with Crippen molar-refractivity contribution in [1.82, 2.24) is 0 Å². The number of unbranched alkanes of at least 4 members (excludes halogenated alkanes) is 2. The molecule has 0 aromatic heterocycles. The summed E-state index contributed by atoms with van der Waals surface area (Å²) in [5.41, 5.74) is 2.70. The van der Waals surface area contributed by atoms with Crippen molar-refractivity contribution in [2.24, 2.45) is 0 Å². The highest BCUT2D eigenvalue weighted by molar-refractivity contribution is 5.35. The Kier molecular flexibility index (Phi) is 9.36. The van der Waals surface area contributed by atoms with E-state index in [0.29, 0.717) is 0 Å². The summed E-state index contributed by atoms with van der Waals surface area (Å²) in [7, 11) is 0. The van der Waals surface area contributed by atoms with Crippen LogP contribution in [0.3, 0.4) is 0 Å². The van der Waals surface area contributed by atoms with Crippen LogP contribution in [-0.2, 0) is 6.42 Å². The van der Waals surface area contributed by atoms with Crippen molar-refractivity contribution in [2.45, 2.75) is 32.6 Å². The van der Waals surface area contributed by atoms with Crippen LogP contribution in [0.1, 0.15) is 31.7 Å². The molecule has 0 aliphatic heterocycles. The van der Waals surface area contributed by atoms with E-state index in [9.17, 15) is 0 Å². The number of halogens is 1. The minimum absolute atomic E-state index is 0. The first kappa shape index (κ1) is 18.5. The number of hydrogen-bond donors (Lipinski definition) is 1. The summed E-state index contributed by atoms with van der Waals surface area (Å²) in [6.45, 7) is 4.03. The van der Waals surface area contributed by atoms with Gasteiger partial charge >= 0.3 is 0 Å². The van der Waals surface area contributed by atoms with Gasteiger partial charge in [0.15, 0.2) is 0 Å². The standard InChI is InChI=1S/C19H25NO.ClH/c1-2-20-18-12-14-19(15-13-18)21-16-8-4-7-11-17-9-5-3-6-10-17;/h3,5-6,9-10,12-15,20H,2,4,7-8,11,16H2,1H3;1H. The summed E-state index contributed by atoms with van der Waals surface area (Å²) in [5, 5.41) is 2.22. The maximum Gasteiger partial charge on any atom is 0.129 e. The lowest BCUT2D eigenvalue weighted by Gasteiger charge is -2.06. The van der Waals surface area contributed by atoms with E-state index < -0.39 is 0 Å². The van der Waals surface area contributed by atoms with Crippen LogP contribution in [0, 0.1) is 0 Å².